The fourth-order valence-electron chi connectivity index (χ4n) is 6.39. The summed E-state index contributed by atoms with van der Waals surface area (Å²) in [6.45, 7) is 1.08. The number of pyridine rings is 5. The van der Waals surface area contributed by atoms with Crippen molar-refractivity contribution in [3.8, 4) is 11.2 Å². The van der Waals surface area contributed by atoms with E-state index in [0.29, 0.717) is 46.3 Å². The summed E-state index contributed by atoms with van der Waals surface area (Å²) >= 11 is 1.07. The first-order valence-corrected chi connectivity index (χ1v) is 19.7. The van der Waals surface area contributed by atoms with E-state index in [9.17, 15) is 39.6 Å². The average Bonchev–Trinajstić information content (AvgIpc) is 3.24. The molecule has 0 spiro atoms. The maximum absolute atomic E-state index is 11.8. The summed E-state index contributed by atoms with van der Waals surface area (Å²) in [5.74, 6) is -4.30. The van der Waals surface area contributed by atoms with Gasteiger partial charge in [-0.1, -0.05) is 36.4 Å². The van der Waals surface area contributed by atoms with E-state index >= 15 is 0 Å². The Kier molecular flexibility index (Phi) is 15.0. The van der Waals surface area contributed by atoms with Gasteiger partial charge in [-0.15, -0.1) is 0 Å². The van der Waals surface area contributed by atoms with Gasteiger partial charge in [0.1, 0.15) is 33.9 Å². The molecule has 0 saturated heterocycles. The molecule has 1 aromatic carbocycles. The van der Waals surface area contributed by atoms with Crippen molar-refractivity contribution >= 4 is 35.6 Å². The second-order valence-electron chi connectivity index (χ2n) is 13.8. The number of aromatic carboxylic acids is 4. The standard InChI is InChI=1S/C44H38N8O9S/c45-27-62-36-15-13-28(14-16-36)17-18-61-35-19-33(25-51(21-29-5-1-9-37(47-29)41(53)54)22-30-6-2-10-38(48-30)42(55)56)46-34(20-35)26-52(23-31-7-3-11-39(49-31)43(57)58)24-32-8-4-12-40(50-32)44(59)60/h1-16,19-20H,17-18,21-26H2,(H,53,54)(H,55,56)(H,57,58)(H,59,60). The molecule has 5 aromatic heterocycles. The lowest BCUT2D eigenvalue weighted by molar-refractivity contribution is 0.0679. The summed E-state index contributed by atoms with van der Waals surface area (Å²) in [5, 5.41) is 49.6. The van der Waals surface area contributed by atoms with Crippen molar-refractivity contribution in [2.75, 3.05) is 6.61 Å². The number of nitrogens with zero attached hydrogens (tertiary/aromatic N) is 8. The van der Waals surface area contributed by atoms with Crippen LogP contribution in [0.1, 0.15) is 81.7 Å². The Morgan fingerprint density at radius 1 is 0.516 bits per heavy atom. The Morgan fingerprint density at radius 2 is 0.871 bits per heavy atom. The Labute approximate surface area is 359 Å². The quantitative estimate of drug-likeness (QED) is 0.0474. The van der Waals surface area contributed by atoms with Crippen LogP contribution < -0.4 is 4.74 Å². The molecule has 0 bridgehead atoms. The molecule has 5 heterocycles. The highest BCUT2D eigenvalue weighted by atomic mass is 32.2. The molecule has 0 unspecified atom stereocenters. The third-order valence-corrected chi connectivity index (χ3v) is 9.67. The van der Waals surface area contributed by atoms with E-state index in [2.05, 4.69) is 25.3 Å². The second kappa shape index (κ2) is 21.1. The molecule has 0 aliphatic heterocycles. The third kappa shape index (κ3) is 13.0. The van der Waals surface area contributed by atoms with Gasteiger partial charge in [0.25, 0.3) is 0 Å². The molecule has 0 radical (unpaired) electrons. The molecule has 18 heteroatoms. The van der Waals surface area contributed by atoms with Gasteiger partial charge in [0.15, 0.2) is 0 Å². The van der Waals surface area contributed by atoms with Crippen molar-refractivity contribution in [2.45, 2.75) is 50.6 Å². The second-order valence-corrected chi connectivity index (χ2v) is 14.6. The first kappa shape index (κ1) is 44.0. The van der Waals surface area contributed by atoms with Crippen molar-refractivity contribution < 1.29 is 44.3 Å². The minimum absolute atomic E-state index is 0.131. The van der Waals surface area contributed by atoms with Gasteiger partial charge in [-0.3, -0.25) is 14.8 Å². The van der Waals surface area contributed by atoms with Crippen LogP contribution in [0.4, 0.5) is 0 Å². The Hall–Kier alpha value is -7.59. The maximum atomic E-state index is 11.8. The lowest BCUT2D eigenvalue weighted by Crippen LogP contribution is -2.26. The number of rotatable bonds is 21. The minimum atomic E-state index is -1.19. The number of hydrogen-bond acceptors (Lipinski definition) is 14. The zero-order valence-electron chi connectivity index (χ0n) is 32.9. The smallest absolute Gasteiger partial charge is 0.354 e. The fraction of sp³-hybridized carbons (Fsp3) is 0.182. The van der Waals surface area contributed by atoms with Gasteiger partial charge < -0.3 is 25.2 Å². The molecule has 0 amide bonds. The highest BCUT2D eigenvalue weighted by Gasteiger charge is 2.19. The topological polar surface area (TPSA) is 253 Å². The molecule has 0 fully saturated rings. The lowest BCUT2D eigenvalue weighted by Gasteiger charge is -2.24. The number of thiocyanates is 1. The van der Waals surface area contributed by atoms with E-state index in [0.717, 1.165) is 22.2 Å². The van der Waals surface area contributed by atoms with Gasteiger partial charge in [0.2, 0.25) is 0 Å². The molecule has 6 aromatic rings. The van der Waals surface area contributed by atoms with Crippen LogP contribution in [0.15, 0.2) is 114 Å². The van der Waals surface area contributed by atoms with E-state index in [1.807, 2.05) is 34.1 Å². The molecular formula is C44H38N8O9S. The van der Waals surface area contributed by atoms with Gasteiger partial charge in [-0.05, 0) is 78.0 Å². The Bertz CT molecular complexity index is 2360. The third-order valence-electron chi connectivity index (χ3n) is 9.07. The zero-order chi connectivity index (χ0) is 44.0. The Morgan fingerprint density at radius 3 is 1.21 bits per heavy atom. The molecule has 17 nitrogen and oxygen atoms in total. The van der Waals surface area contributed by atoms with Crippen LogP contribution in [0.25, 0.3) is 0 Å². The molecular weight excluding hydrogens is 817 g/mol. The average molecular weight is 855 g/mol. The van der Waals surface area contributed by atoms with Crippen molar-refractivity contribution in [1.82, 2.24) is 34.7 Å². The number of thioether (sulfide) groups is 1. The molecule has 0 atom stereocenters. The van der Waals surface area contributed by atoms with Crippen LogP contribution in [-0.2, 0) is 45.7 Å². The molecule has 4 N–H and O–H groups in total. The molecule has 0 aliphatic carbocycles. The lowest BCUT2D eigenvalue weighted by atomic mass is 10.2. The predicted octanol–water partition coefficient (Wildman–Crippen LogP) is 6.05. The molecule has 62 heavy (non-hydrogen) atoms. The minimum Gasteiger partial charge on any atom is -0.493 e. The van der Waals surface area contributed by atoms with Crippen molar-refractivity contribution in [1.29, 1.82) is 5.26 Å². The van der Waals surface area contributed by atoms with E-state index < -0.39 is 23.9 Å². The first-order chi connectivity index (χ1) is 29.9. The Balaban J connectivity index is 1.35. The molecule has 6 rings (SSSR count). The number of benzene rings is 1. The van der Waals surface area contributed by atoms with Crippen LogP contribution >= 0.6 is 11.8 Å². The van der Waals surface area contributed by atoms with Crippen LogP contribution in [0.5, 0.6) is 5.75 Å². The van der Waals surface area contributed by atoms with Crippen LogP contribution in [0, 0.1) is 10.7 Å². The first-order valence-electron chi connectivity index (χ1n) is 18.9. The van der Waals surface area contributed by atoms with Gasteiger partial charge in [-0.2, -0.15) is 5.26 Å². The number of carboxylic acid groups (broad SMARTS) is 4. The van der Waals surface area contributed by atoms with Crippen molar-refractivity contribution in [3.63, 3.8) is 0 Å². The highest BCUT2D eigenvalue weighted by molar-refractivity contribution is 8.03. The number of carbonyl (C=O) groups is 4. The van der Waals surface area contributed by atoms with E-state index in [1.165, 1.54) is 24.3 Å². The number of aromatic nitrogens is 5. The summed E-state index contributed by atoms with van der Waals surface area (Å²) in [7, 11) is 0. The van der Waals surface area contributed by atoms with Crippen molar-refractivity contribution in [3.05, 3.63) is 172 Å². The normalized spacial score (nSPS) is 11.0. The summed E-state index contributed by atoms with van der Waals surface area (Å²) < 4.78 is 6.33. The predicted molar refractivity (Wildman–Crippen MR) is 222 cm³/mol. The number of carboxylic acids is 4. The maximum Gasteiger partial charge on any atom is 0.354 e. The van der Waals surface area contributed by atoms with Crippen LogP contribution in [-0.4, -0.2) is 85.6 Å². The van der Waals surface area contributed by atoms with Crippen molar-refractivity contribution in [2.24, 2.45) is 0 Å². The number of nitriles is 1. The number of hydrogen-bond donors (Lipinski definition) is 4. The summed E-state index contributed by atoms with van der Waals surface area (Å²) in [4.78, 5) is 74.0. The van der Waals surface area contributed by atoms with Gasteiger partial charge >= 0.3 is 23.9 Å². The van der Waals surface area contributed by atoms with Gasteiger partial charge in [0, 0.05) is 62.7 Å². The SMILES string of the molecule is N#CSc1ccc(CCOc2cc(CN(Cc3cccc(C(=O)O)n3)Cc3cccc(C(=O)O)n3)nc(CN(Cc3cccc(C(=O)O)n3)Cc3cccc(C(=O)O)n3)c2)cc1. The summed E-state index contributed by atoms with van der Waals surface area (Å²) in [6, 6.07) is 29.7. The van der Waals surface area contributed by atoms with Crippen LogP contribution in [0.3, 0.4) is 0 Å². The van der Waals surface area contributed by atoms with Gasteiger partial charge in [0.05, 0.1) is 40.8 Å². The van der Waals surface area contributed by atoms with E-state index in [4.69, 9.17) is 15.0 Å². The summed E-state index contributed by atoms with van der Waals surface area (Å²) in [5.41, 5.74) is 3.20. The fourth-order valence-corrected chi connectivity index (χ4v) is 6.76. The highest BCUT2D eigenvalue weighted by Crippen LogP contribution is 2.22. The largest absolute Gasteiger partial charge is 0.493 e. The molecule has 0 aliphatic rings. The molecule has 0 saturated carbocycles. The zero-order valence-corrected chi connectivity index (χ0v) is 33.7. The number of ether oxygens (including phenoxy) is 1. The van der Waals surface area contributed by atoms with E-state index in [1.54, 1.807) is 60.7 Å². The van der Waals surface area contributed by atoms with Crippen LogP contribution in [0.2, 0.25) is 0 Å². The monoisotopic (exact) mass is 854 g/mol. The van der Waals surface area contributed by atoms with Gasteiger partial charge in [-0.25, -0.2) is 39.1 Å². The molecule has 314 valence electrons. The van der Waals surface area contributed by atoms with E-state index in [-0.39, 0.29) is 68.7 Å². The summed E-state index contributed by atoms with van der Waals surface area (Å²) in [6.07, 6.45) is 0.539.